The second-order valence-corrected chi connectivity index (χ2v) is 3.47. The minimum atomic E-state index is -4.69. The number of furan rings is 1. The zero-order valence-corrected chi connectivity index (χ0v) is 9.25. The lowest BCUT2D eigenvalue weighted by molar-refractivity contribution is -0.153. The van der Waals surface area contributed by atoms with Crippen molar-refractivity contribution in [2.45, 2.75) is 25.6 Å². The Morgan fingerprint density at radius 3 is 2.50 bits per heavy atom. The predicted molar refractivity (Wildman–Crippen MR) is 52.9 cm³/mol. The highest BCUT2D eigenvalue weighted by Crippen LogP contribution is 2.30. The van der Waals surface area contributed by atoms with Crippen LogP contribution in [0, 0.1) is 0 Å². The molecule has 1 rings (SSSR count). The number of alkyl halides is 3. The van der Waals surface area contributed by atoms with Crippen molar-refractivity contribution in [2.24, 2.45) is 0 Å². The van der Waals surface area contributed by atoms with Crippen LogP contribution in [0.5, 0.6) is 0 Å². The summed E-state index contributed by atoms with van der Waals surface area (Å²) in [5.41, 5.74) is -0.373. The Hall–Kier alpha value is -1.99. The Kier molecular flexibility index (Phi) is 4.00. The maximum Gasteiger partial charge on any atom is 0.449 e. The highest BCUT2D eigenvalue weighted by Gasteiger charge is 2.35. The highest BCUT2D eigenvalue weighted by molar-refractivity contribution is 5.96. The van der Waals surface area contributed by atoms with Crippen molar-refractivity contribution in [1.82, 2.24) is 5.32 Å². The fourth-order valence-corrected chi connectivity index (χ4v) is 1.18. The zero-order valence-electron chi connectivity index (χ0n) is 9.25. The van der Waals surface area contributed by atoms with E-state index in [1.807, 2.05) is 0 Å². The van der Waals surface area contributed by atoms with E-state index in [4.69, 9.17) is 5.11 Å². The molecular weight excluding hydrogens is 255 g/mol. The first-order valence-corrected chi connectivity index (χ1v) is 4.95. The summed E-state index contributed by atoms with van der Waals surface area (Å²) < 4.78 is 40.8. The molecule has 0 radical (unpaired) electrons. The van der Waals surface area contributed by atoms with Crippen LogP contribution < -0.4 is 5.32 Å². The standard InChI is InChI=1S/C10H10F3NO4/c1-2-6(9(16)17)14-8(15)5-3-7(18-4-5)10(11,12)13/h3-4,6H,2H2,1H3,(H,14,15)(H,16,17). The molecule has 1 unspecified atom stereocenters. The van der Waals surface area contributed by atoms with Crippen molar-refractivity contribution in [3.63, 3.8) is 0 Å². The fourth-order valence-electron chi connectivity index (χ4n) is 1.18. The summed E-state index contributed by atoms with van der Waals surface area (Å²) in [6.07, 6.45) is -3.94. The molecule has 2 N–H and O–H groups in total. The smallest absolute Gasteiger partial charge is 0.449 e. The lowest BCUT2D eigenvalue weighted by atomic mass is 10.2. The Morgan fingerprint density at radius 2 is 2.11 bits per heavy atom. The molecule has 8 heteroatoms. The maximum absolute atomic E-state index is 12.2. The molecule has 0 aromatic carbocycles. The van der Waals surface area contributed by atoms with E-state index in [2.05, 4.69) is 9.73 Å². The lowest BCUT2D eigenvalue weighted by Crippen LogP contribution is -2.40. The number of amides is 1. The molecule has 0 aliphatic rings. The van der Waals surface area contributed by atoms with Gasteiger partial charge in [-0.2, -0.15) is 13.2 Å². The van der Waals surface area contributed by atoms with Gasteiger partial charge in [0.2, 0.25) is 5.76 Å². The third kappa shape index (κ3) is 3.25. The van der Waals surface area contributed by atoms with Gasteiger partial charge in [-0.15, -0.1) is 0 Å². The number of halogens is 3. The number of carboxylic acids is 1. The Morgan fingerprint density at radius 1 is 1.50 bits per heavy atom. The van der Waals surface area contributed by atoms with Gasteiger partial charge in [0.25, 0.3) is 5.91 Å². The van der Waals surface area contributed by atoms with Gasteiger partial charge in [0.1, 0.15) is 12.3 Å². The largest absolute Gasteiger partial charge is 0.480 e. The SMILES string of the molecule is CCC(NC(=O)c1coc(C(F)(F)F)c1)C(=O)O. The zero-order chi connectivity index (χ0) is 13.9. The molecule has 1 heterocycles. The Bertz CT molecular complexity index is 452. The summed E-state index contributed by atoms with van der Waals surface area (Å²) in [4.78, 5) is 22.1. The van der Waals surface area contributed by atoms with Crippen molar-refractivity contribution in [2.75, 3.05) is 0 Å². The van der Waals surface area contributed by atoms with Crippen molar-refractivity contribution >= 4 is 11.9 Å². The molecule has 0 saturated carbocycles. The van der Waals surface area contributed by atoms with E-state index in [1.54, 1.807) is 0 Å². The quantitative estimate of drug-likeness (QED) is 0.871. The van der Waals surface area contributed by atoms with E-state index in [9.17, 15) is 22.8 Å². The monoisotopic (exact) mass is 265 g/mol. The molecule has 100 valence electrons. The van der Waals surface area contributed by atoms with E-state index < -0.39 is 29.9 Å². The second kappa shape index (κ2) is 5.11. The molecule has 0 aliphatic heterocycles. The van der Waals surface area contributed by atoms with E-state index in [-0.39, 0.29) is 12.0 Å². The summed E-state index contributed by atoms with van der Waals surface area (Å²) in [6.45, 7) is 1.52. The van der Waals surface area contributed by atoms with Crippen molar-refractivity contribution in [3.05, 3.63) is 23.7 Å². The van der Waals surface area contributed by atoms with Crippen LogP contribution in [0.25, 0.3) is 0 Å². The summed E-state index contributed by atoms with van der Waals surface area (Å²) in [5.74, 6) is -3.50. The topological polar surface area (TPSA) is 79.5 Å². The van der Waals surface area contributed by atoms with Gasteiger partial charge in [-0.1, -0.05) is 6.92 Å². The van der Waals surface area contributed by atoms with E-state index >= 15 is 0 Å². The van der Waals surface area contributed by atoms with E-state index in [1.165, 1.54) is 6.92 Å². The molecule has 0 spiro atoms. The summed E-state index contributed by atoms with van der Waals surface area (Å²) in [5, 5.41) is 10.8. The van der Waals surface area contributed by atoms with Crippen LogP contribution in [-0.2, 0) is 11.0 Å². The van der Waals surface area contributed by atoms with Crippen LogP contribution >= 0.6 is 0 Å². The van der Waals surface area contributed by atoms with Gasteiger partial charge >= 0.3 is 12.1 Å². The van der Waals surface area contributed by atoms with Gasteiger partial charge in [0.15, 0.2) is 0 Å². The first-order valence-electron chi connectivity index (χ1n) is 4.95. The predicted octanol–water partition coefficient (Wildman–Crippen LogP) is 1.89. The van der Waals surface area contributed by atoms with Crippen molar-refractivity contribution < 1.29 is 32.3 Å². The maximum atomic E-state index is 12.2. The number of carboxylic acid groups (broad SMARTS) is 1. The summed E-state index contributed by atoms with van der Waals surface area (Å²) in [6, 6.07) is -0.633. The van der Waals surface area contributed by atoms with Gasteiger partial charge in [0.05, 0.1) is 5.56 Å². The fraction of sp³-hybridized carbons (Fsp3) is 0.400. The van der Waals surface area contributed by atoms with Crippen LogP contribution in [0.15, 0.2) is 16.7 Å². The van der Waals surface area contributed by atoms with Crippen LogP contribution in [0.4, 0.5) is 13.2 Å². The molecule has 18 heavy (non-hydrogen) atoms. The third-order valence-electron chi connectivity index (χ3n) is 2.15. The minimum absolute atomic E-state index is 0.116. The summed E-state index contributed by atoms with van der Waals surface area (Å²) >= 11 is 0. The molecule has 0 saturated heterocycles. The number of hydrogen-bond donors (Lipinski definition) is 2. The molecule has 1 amide bonds. The van der Waals surface area contributed by atoms with Crippen LogP contribution in [0.3, 0.4) is 0 Å². The van der Waals surface area contributed by atoms with Crippen LogP contribution in [0.1, 0.15) is 29.5 Å². The number of nitrogens with one attached hydrogen (secondary N) is 1. The van der Waals surface area contributed by atoms with E-state index in [0.717, 1.165) is 0 Å². The molecule has 1 atom stereocenters. The number of hydrogen-bond acceptors (Lipinski definition) is 3. The molecule has 0 bridgehead atoms. The normalized spacial score (nSPS) is 13.1. The van der Waals surface area contributed by atoms with Crippen LogP contribution in [-0.4, -0.2) is 23.0 Å². The molecule has 5 nitrogen and oxygen atoms in total. The number of aliphatic carboxylic acids is 1. The van der Waals surface area contributed by atoms with Crippen molar-refractivity contribution in [3.8, 4) is 0 Å². The number of carbonyl (C=O) groups is 2. The first-order chi connectivity index (χ1) is 8.25. The Balaban J connectivity index is 2.79. The summed E-state index contributed by atoms with van der Waals surface area (Å²) in [7, 11) is 0. The van der Waals surface area contributed by atoms with Gasteiger partial charge in [-0.25, -0.2) is 4.79 Å². The highest BCUT2D eigenvalue weighted by atomic mass is 19.4. The van der Waals surface area contributed by atoms with Gasteiger partial charge < -0.3 is 14.8 Å². The van der Waals surface area contributed by atoms with Gasteiger partial charge in [-0.05, 0) is 6.42 Å². The first kappa shape index (κ1) is 14.1. The number of carbonyl (C=O) groups excluding carboxylic acids is 1. The average molecular weight is 265 g/mol. The molecular formula is C10H10F3NO4. The van der Waals surface area contributed by atoms with Crippen LogP contribution in [0.2, 0.25) is 0 Å². The Labute approximate surface area is 99.6 Å². The van der Waals surface area contributed by atoms with E-state index in [0.29, 0.717) is 12.3 Å². The third-order valence-corrected chi connectivity index (χ3v) is 2.15. The lowest BCUT2D eigenvalue weighted by Gasteiger charge is -2.10. The molecule has 1 aromatic heterocycles. The van der Waals surface area contributed by atoms with Crippen molar-refractivity contribution in [1.29, 1.82) is 0 Å². The average Bonchev–Trinajstić information content (AvgIpc) is 2.73. The minimum Gasteiger partial charge on any atom is -0.480 e. The van der Waals surface area contributed by atoms with Gasteiger partial charge in [-0.3, -0.25) is 4.79 Å². The van der Waals surface area contributed by atoms with Gasteiger partial charge in [0, 0.05) is 6.07 Å². The molecule has 0 aliphatic carbocycles. The second-order valence-electron chi connectivity index (χ2n) is 3.47. The molecule has 0 fully saturated rings. The number of rotatable bonds is 4. The molecule has 1 aromatic rings.